The molecule has 2 saturated heterocycles. The number of carboxylic acid groups (broad SMARTS) is 1. The van der Waals surface area contributed by atoms with Crippen LogP contribution in [0, 0.1) is 35.5 Å². The molecule has 2 fully saturated rings. The zero-order chi connectivity index (χ0) is 33.5. The van der Waals surface area contributed by atoms with E-state index in [-0.39, 0.29) is 58.9 Å². The van der Waals surface area contributed by atoms with Gasteiger partial charge in [0.25, 0.3) is 0 Å². The first-order chi connectivity index (χ1) is 21.6. The number of hydrogen-bond donors (Lipinski definition) is 3. The smallest absolute Gasteiger partial charge is 0.410 e. The summed E-state index contributed by atoms with van der Waals surface area (Å²) < 4.78 is 39.6. The first-order valence-corrected chi connectivity index (χ1v) is 13.9. The molecule has 2 aromatic heterocycles. The maximum atomic E-state index is 12.8. The summed E-state index contributed by atoms with van der Waals surface area (Å²) in [4.78, 5) is 42.5. The molecule has 3 aromatic rings. The number of carbonyl (C=O) groups excluding carboxylic acids is 1. The third-order valence-corrected chi connectivity index (χ3v) is 6.98. The average Bonchev–Trinajstić information content (AvgIpc) is 3.77. The molecule has 2 amide bonds. The number of benzene rings is 1. The molecule has 10 heteroatoms. The van der Waals surface area contributed by atoms with Crippen LogP contribution in [0.3, 0.4) is 0 Å². The Kier molecular flexibility index (Phi) is 6.65. The van der Waals surface area contributed by atoms with E-state index in [1.807, 2.05) is 27.7 Å². The van der Waals surface area contributed by atoms with Gasteiger partial charge in [-0.1, -0.05) is 25.7 Å². The van der Waals surface area contributed by atoms with Crippen molar-refractivity contribution in [1.29, 1.82) is 0 Å². The van der Waals surface area contributed by atoms with Gasteiger partial charge in [0.2, 0.25) is 0 Å². The van der Waals surface area contributed by atoms with Crippen molar-refractivity contribution in [3.8, 4) is 23.7 Å². The highest BCUT2D eigenvalue weighted by molar-refractivity contribution is 5.69. The highest BCUT2D eigenvalue weighted by Gasteiger charge is 2.38. The lowest BCUT2D eigenvalue weighted by Crippen LogP contribution is -2.37. The van der Waals surface area contributed by atoms with Crippen LogP contribution in [0.2, 0.25) is 0 Å². The normalized spacial score (nSPS) is 23.2. The Hall–Kier alpha value is -4.70. The molecule has 5 rings (SSSR count). The first-order valence-electron chi connectivity index (χ1n) is 15.9. The van der Waals surface area contributed by atoms with Gasteiger partial charge in [0.1, 0.15) is 28.6 Å². The summed E-state index contributed by atoms with van der Waals surface area (Å²) in [5, 5.41) is 9.52. The van der Waals surface area contributed by atoms with E-state index in [0.29, 0.717) is 43.3 Å². The number of rotatable bonds is 2. The molecule has 0 aliphatic carbocycles. The summed E-state index contributed by atoms with van der Waals surface area (Å²) in [6, 6.07) is -2.10. The summed E-state index contributed by atoms with van der Waals surface area (Å²) in [5.74, 6) is 12.5. The van der Waals surface area contributed by atoms with Gasteiger partial charge in [-0.25, -0.2) is 19.6 Å². The summed E-state index contributed by atoms with van der Waals surface area (Å²) >= 11 is 0. The molecule has 3 N–H and O–H groups in total. The number of likely N-dealkylation sites (tertiary alicyclic amines) is 2. The van der Waals surface area contributed by atoms with Crippen LogP contribution in [0.15, 0.2) is 36.6 Å². The number of nitrogens with one attached hydrogen (secondary N) is 2. The number of aromatic nitrogens is 4. The quantitative estimate of drug-likeness (QED) is 0.357. The number of nitrogens with zero attached hydrogens (tertiary/aromatic N) is 4. The Bertz CT molecular complexity index is 1780. The maximum absolute atomic E-state index is 12.8. The maximum Gasteiger partial charge on any atom is 0.410 e. The standard InChI is InChI=1S/C32H36N6O4/c1-20-14-26(37(18-20)30(39)40)28-33-16-24(35-28)12-10-22-6-8-23(9-7-22)11-13-25-17-34-29(36-25)27-15-21(2)19-38(27)31(41)42-32(3,4)5/h6-9,16-17,20-21,26-27H,14-15,18-19H2,1-5H3,(H,33,35)(H,34,36)(H,39,40)/t20-,21-,26-,27-/m0/s1/i6D,7D,8D,9D. The number of H-pyrrole nitrogens is 2. The van der Waals surface area contributed by atoms with Gasteiger partial charge in [-0.3, -0.25) is 9.80 Å². The van der Waals surface area contributed by atoms with Gasteiger partial charge in [-0.15, -0.1) is 0 Å². The highest BCUT2D eigenvalue weighted by Crippen LogP contribution is 2.35. The molecule has 0 spiro atoms. The lowest BCUT2D eigenvalue weighted by molar-refractivity contribution is 0.0214. The van der Waals surface area contributed by atoms with Gasteiger partial charge in [0, 0.05) is 36.6 Å². The predicted molar refractivity (Wildman–Crippen MR) is 156 cm³/mol. The van der Waals surface area contributed by atoms with Crippen LogP contribution in [-0.2, 0) is 4.74 Å². The van der Waals surface area contributed by atoms with Crippen molar-refractivity contribution in [1.82, 2.24) is 29.7 Å². The van der Waals surface area contributed by atoms with Crippen LogP contribution in [0.4, 0.5) is 9.59 Å². The molecule has 0 unspecified atom stereocenters. The lowest BCUT2D eigenvalue weighted by Gasteiger charge is -2.27. The Labute approximate surface area is 251 Å². The summed E-state index contributed by atoms with van der Waals surface area (Å²) in [6.45, 7) is 10.4. The fourth-order valence-corrected chi connectivity index (χ4v) is 5.18. The largest absolute Gasteiger partial charge is 0.465 e. The monoisotopic (exact) mass is 572 g/mol. The van der Waals surface area contributed by atoms with Gasteiger partial charge in [0.15, 0.2) is 0 Å². The minimum atomic E-state index is -1.02. The third kappa shape index (κ3) is 6.77. The van der Waals surface area contributed by atoms with Gasteiger partial charge in [-0.2, -0.15) is 0 Å². The molecule has 2 aliphatic heterocycles. The summed E-state index contributed by atoms with van der Waals surface area (Å²) in [7, 11) is 0. The van der Waals surface area contributed by atoms with Crippen molar-refractivity contribution in [3.63, 3.8) is 0 Å². The van der Waals surface area contributed by atoms with Gasteiger partial charge in [-0.05, 0) is 81.5 Å². The molecule has 0 saturated carbocycles. The number of aromatic amines is 2. The molecular formula is C32H36N6O4. The minimum absolute atomic E-state index is 0.0962. The van der Waals surface area contributed by atoms with Crippen LogP contribution >= 0.6 is 0 Å². The highest BCUT2D eigenvalue weighted by atomic mass is 16.6. The fraction of sp³-hybridized carbons (Fsp3) is 0.438. The average molecular weight is 573 g/mol. The summed E-state index contributed by atoms with van der Waals surface area (Å²) in [6.07, 6.45) is 2.98. The van der Waals surface area contributed by atoms with Crippen molar-refractivity contribution in [2.45, 2.75) is 65.1 Å². The van der Waals surface area contributed by atoms with E-state index < -0.39 is 23.8 Å². The molecule has 4 heterocycles. The molecule has 218 valence electrons. The van der Waals surface area contributed by atoms with Gasteiger partial charge in [0.05, 0.1) is 17.6 Å². The second-order valence-electron chi connectivity index (χ2n) is 11.9. The second kappa shape index (κ2) is 11.7. The topological polar surface area (TPSA) is 127 Å². The van der Waals surface area contributed by atoms with E-state index in [1.165, 1.54) is 11.1 Å². The number of hydrogen-bond acceptors (Lipinski definition) is 5. The zero-order valence-electron chi connectivity index (χ0n) is 28.3. The fourth-order valence-electron chi connectivity index (χ4n) is 5.18. The van der Waals surface area contributed by atoms with E-state index >= 15 is 0 Å². The predicted octanol–water partition coefficient (Wildman–Crippen LogP) is 5.31. The number of carbonyl (C=O) groups is 2. The third-order valence-electron chi connectivity index (χ3n) is 6.98. The zero-order valence-corrected chi connectivity index (χ0v) is 24.3. The Morgan fingerprint density at radius 1 is 0.881 bits per heavy atom. The van der Waals surface area contributed by atoms with Gasteiger partial charge < -0.3 is 19.8 Å². The molecule has 10 nitrogen and oxygen atoms in total. The van der Waals surface area contributed by atoms with Crippen LogP contribution in [0.25, 0.3) is 0 Å². The summed E-state index contributed by atoms with van der Waals surface area (Å²) in [5.41, 5.74) is -0.220. The number of imidazole rings is 2. The van der Waals surface area contributed by atoms with Crippen molar-refractivity contribution in [2.24, 2.45) is 11.8 Å². The Morgan fingerprint density at radius 2 is 1.33 bits per heavy atom. The van der Waals surface area contributed by atoms with Crippen molar-refractivity contribution < 1.29 is 24.9 Å². The molecular weight excluding hydrogens is 532 g/mol. The molecule has 42 heavy (non-hydrogen) atoms. The molecule has 4 atom stereocenters. The van der Waals surface area contributed by atoms with E-state index in [0.717, 1.165) is 0 Å². The van der Waals surface area contributed by atoms with E-state index in [2.05, 4.69) is 50.5 Å². The lowest BCUT2D eigenvalue weighted by atomic mass is 10.1. The van der Waals surface area contributed by atoms with Crippen LogP contribution in [0.1, 0.15) is 99.2 Å². The Morgan fingerprint density at radius 3 is 1.79 bits per heavy atom. The van der Waals surface area contributed by atoms with E-state index in [9.17, 15) is 14.7 Å². The van der Waals surface area contributed by atoms with E-state index in [4.69, 9.17) is 10.2 Å². The first kappa shape index (κ1) is 24.0. The SMILES string of the molecule is [2H]c1c([2H])c(C#Cc2c[nH]c([C@@H]3C[C@H](C)CN3C(=O)OC(C)(C)C)n2)c([2H])c([2H])c1C#Cc1c[nH]c([C@@H]2C[C@H](C)CN2C(=O)O)n1. The molecule has 0 bridgehead atoms. The van der Waals surface area contributed by atoms with Crippen molar-refractivity contribution in [3.05, 3.63) is 70.7 Å². The number of ether oxygens (including phenoxy) is 1. The second-order valence-corrected chi connectivity index (χ2v) is 11.9. The van der Waals surface area contributed by atoms with Crippen LogP contribution < -0.4 is 0 Å². The van der Waals surface area contributed by atoms with Crippen molar-refractivity contribution in [2.75, 3.05) is 13.1 Å². The van der Waals surface area contributed by atoms with E-state index in [1.54, 1.807) is 11.1 Å². The van der Waals surface area contributed by atoms with Gasteiger partial charge >= 0.3 is 12.2 Å². The number of amides is 2. The Balaban J connectivity index is 1.36. The molecule has 2 aliphatic rings. The minimum Gasteiger partial charge on any atom is -0.465 e. The molecule has 0 radical (unpaired) electrons. The van der Waals surface area contributed by atoms with Crippen molar-refractivity contribution >= 4 is 12.2 Å². The van der Waals surface area contributed by atoms with Crippen LogP contribution in [-0.4, -0.2) is 65.7 Å². The molecule has 1 aromatic carbocycles. The van der Waals surface area contributed by atoms with Crippen LogP contribution in [0.5, 0.6) is 0 Å².